The molecule has 0 spiro atoms. The van der Waals surface area contributed by atoms with Crippen molar-refractivity contribution in [2.24, 2.45) is 0 Å². The Bertz CT molecular complexity index is 1150. The van der Waals surface area contributed by atoms with Crippen LogP contribution in [0.2, 0.25) is 5.02 Å². The Morgan fingerprint density at radius 3 is 2.70 bits per heavy atom. The van der Waals surface area contributed by atoms with Crippen LogP contribution in [-0.4, -0.2) is 46.7 Å². The van der Waals surface area contributed by atoms with E-state index >= 15 is 0 Å². The maximum atomic E-state index is 13.0. The monoisotopic (exact) mass is 401 g/mol. The number of carbonyl (C=O) groups is 1. The molecule has 0 atom stereocenters. The number of halogens is 1. The quantitative estimate of drug-likeness (QED) is 0.670. The van der Waals surface area contributed by atoms with Gasteiger partial charge in [-0.25, -0.2) is 0 Å². The lowest BCUT2D eigenvalue weighted by Crippen LogP contribution is -2.40. The topological polar surface area (TPSA) is 67.3 Å². The van der Waals surface area contributed by atoms with Crippen molar-refractivity contribution in [1.29, 1.82) is 0 Å². The average molecular weight is 402 g/mol. The van der Waals surface area contributed by atoms with Crippen molar-refractivity contribution in [3.8, 4) is 5.69 Å². The van der Waals surface area contributed by atoms with E-state index in [-0.39, 0.29) is 16.2 Å². The van der Waals surface area contributed by atoms with Gasteiger partial charge in [-0.05, 0) is 48.6 Å². The molecule has 1 aromatic heterocycles. The molecule has 3 aromatic rings. The zero-order valence-electron chi connectivity index (χ0n) is 14.3. The fraction of sp³-hybridized carbons (Fsp3) is 0.211. The van der Waals surface area contributed by atoms with Gasteiger partial charge in [0, 0.05) is 23.7 Å². The number of aromatic nitrogens is 2. The SMILES string of the molecule is O=C(c1cccc(-n2c(=S)[nH]c3cc(Cl)ccc3c2=O)c1)N1CCOCC1. The highest BCUT2D eigenvalue weighted by Gasteiger charge is 2.19. The smallest absolute Gasteiger partial charge is 0.266 e. The van der Waals surface area contributed by atoms with E-state index in [2.05, 4.69) is 4.98 Å². The predicted molar refractivity (Wildman–Crippen MR) is 106 cm³/mol. The molecule has 6 nitrogen and oxygen atoms in total. The molecule has 1 aliphatic rings. The van der Waals surface area contributed by atoms with E-state index in [1.54, 1.807) is 47.4 Å². The second-order valence-corrected chi connectivity index (χ2v) is 7.04. The number of rotatable bonds is 2. The Morgan fingerprint density at radius 1 is 1.15 bits per heavy atom. The van der Waals surface area contributed by atoms with Crippen LogP contribution in [0.4, 0.5) is 0 Å². The number of hydrogen-bond donors (Lipinski definition) is 1. The van der Waals surface area contributed by atoms with Gasteiger partial charge in [0.25, 0.3) is 11.5 Å². The van der Waals surface area contributed by atoms with Crippen molar-refractivity contribution in [3.05, 3.63) is 68.2 Å². The Kier molecular flexibility index (Phi) is 4.82. The van der Waals surface area contributed by atoms with Gasteiger partial charge in [-0.15, -0.1) is 0 Å². The van der Waals surface area contributed by atoms with Gasteiger partial charge in [0.2, 0.25) is 0 Å². The number of carbonyl (C=O) groups excluding carboxylic acids is 1. The first-order valence-electron chi connectivity index (χ1n) is 8.46. The maximum absolute atomic E-state index is 13.0. The van der Waals surface area contributed by atoms with Gasteiger partial charge >= 0.3 is 0 Å². The van der Waals surface area contributed by atoms with Crippen molar-refractivity contribution < 1.29 is 9.53 Å². The molecule has 0 bridgehead atoms. The van der Waals surface area contributed by atoms with Crippen LogP contribution in [-0.2, 0) is 4.74 Å². The largest absolute Gasteiger partial charge is 0.378 e. The molecule has 0 unspecified atom stereocenters. The highest BCUT2D eigenvalue weighted by atomic mass is 35.5. The number of benzene rings is 2. The Balaban J connectivity index is 1.80. The van der Waals surface area contributed by atoms with Crippen LogP contribution in [0.1, 0.15) is 10.4 Å². The molecule has 1 aliphatic heterocycles. The van der Waals surface area contributed by atoms with Crippen LogP contribution in [0.5, 0.6) is 0 Å². The van der Waals surface area contributed by atoms with Gasteiger partial charge < -0.3 is 14.6 Å². The number of H-pyrrole nitrogens is 1. The molecular weight excluding hydrogens is 386 g/mol. The number of aromatic amines is 1. The minimum atomic E-state index is -0.263. The van der Waals surface area contributed by atoms with Crippen molar-refractivity contribution in [2.75, 3.05) is 26.3 Å². The number of nitrogens with zero attached hydrogens (tertiary/aromatic N) is 2. The first kappa shape index (κ1) is 17.9. The molecule has 0 saturated carbocycles. The maximum Gasteiger partial charge on any atom is 0.266 e. The summed E-state index contributed by atoms with van der Waals surface area (Å²) in [6, 6.07) is 11.9. The van der Waals surface area contributed by atoms with Crippen LogP contribution in [0.3, 0.4) is 0 Å². The van der Waals surface area contributed by atoms with Crippen LogP contribution in [0, 0.1) is 4.77 Å². The van der Waals surface area contributed by atoms with Gasteiger partial charge in [0.1, 0.15) is 0 Å². The van der Waals surface area contributed by atoms with Crippen LogP contribution >= 0.6 is 23.8 Å². The first-order chi connectivity index (χ1) is 13.0. The second-order valence-electron chi connectivity index (χ2n) is 6.22. The van der Waals surface area contributed by atoms with Crippen LogP contribution in [0.25, 0.3) is 16.6 Å². The molecule has 1 amide bonds. The van der Waals surface area contributed by atoms with E-state index in [4.69, 9.17) is 28.6 Å². The number of morpholine rings is 1. The summed E-state index contributed by atoms with van der Waals surface area (Å²) >= 11 is 11.4. The van der Waals surface area contributed by atoms with Crippen molar-refractivity contribution in [1.82, 2.24) is 14.5 Å². The van der Waals surface area contributed by atoms with Crippen molar-refractivity contribution in [2.45, 2.75) is 0 Å². The van der Waals surface area contributed by atoms with E-state index in [0.717, 1.165) is 0 Å². The predicted octanol–water partition coefficient (Wildman–Crippen LogP) is 3.17. The summed E-state index contributed by atoms with van der Waals surface area (Å²) in [6.07, 6.45) is 0. The summed E-state index contributed by atoms with van der Waals surface area (Å²) in [7, 11) is 0. The molecule has 2 heterocycles. The lowest BCUT2D eigenvalue weighted by atomic mass is 10.1. The molecule has 27 heavy (non-hydrogen) atoms. The third kappa shape index (κ3) is 3.41. The fourth-order valence-electron chi connectivity index (χ4n) is 3.15. The highest BCUT2D eigenvalue weighted by molar-refractivity contribution is 7.71. The minimum absolute atomic E-state index is 0.0873. The zero-order chi connectivity index (χ0) is 19.0. The van der Waals surface area contributed by atoms with Crippen molar-refractivity contribution >= 4 is 40.6 Å². The van der Waals surface area contributed by atoms with Gasteiger partial charge in [0.05, 0.1) is 29.8 Å². The lowest BCUT2D eigenvalue weighted by molar-refractivity contribution is 0.0303. The Hall–Kier alpha value is -2.48. The second kappa shape index (κ2) is 7.26. The Morgan fingerprint density at radius 2 is 1.93 bits per heavy atom. The summed E-state index contributed by atoms with van der Waals surface area (Å²) in [5.41, 5.74) is 1.36. The molecule has 2 aromatic carbocycles. The molecule has 138 valence electrons. The first-order valence-corrected chi connectivity index (χ1v) is 9.25. The number of hydrogen-bond acceptors (Lipinski definition) is 4. The summed E-state index contributed by atoms with van der Waals surface area (Å²) in [5, 5.41) is 0.987. The third-order valence-electron chi connectivity index (χ3n) is 4.51. The molecule has 0 radical (unpaired) electrons. The molecule has 1 saturated heterocycles. The van der Waals surface area contributed by atoms with Gasteiger partial charge in [-0.2, -0.15) is 0 Å². The zero-order valence-corrected chi connectivity index (χ0v) is 15.8. The number of amides is 1. The van der Waals surface area contributed by atoms with Crippen molar-refractivity contribution in [3.63, 3.8) is 0 Å². The molecule has 1 fully saturated rings. The van der Waals surface area contributed by atoms with E-state index in [1.807, 2.05) is 0 Å². The summed E-state index contributed by atoms with van der Waals surface area (Å²) < 4.78 is 6.92. The number of fused-ring (bicyclic) bond motifs is 1. The van der Waals surface area contributed by atoms with E-state index in [9.17, 15) is 9.59 Å². The van der Waals surface area contributed by atoms with Gasteiger partial charge in [0.15, 0.2) is 4.77 Å². The van der Waals surface area contributed by atoms with Gasteiger partial charge in [-0.3, -0.25) is 14.2 Å². The number of nitrogens with one attached hydrogen (secondary N) is 1. The van der Waals surface area contributed by atoms with Crippen LogP contribution < -0.4 is 5.56 Å². The summed E-state index contributed by atoms with van der Waals surface area (Å²) in [6.45, 7) is 2.17. The summed E-state index contributed by atoms with van der Waals surface area (Å²) in [5.74, 6) is -0.0873. The molecule has 0 aliphatic carbocycles. The normalized spacial score (nSPS) is 14.5. The molecule has 4 rings (SSSR count). The van der Waals surface area contributed by atoms with Gasteiger partial charge in [-0.1, -0.05) is 17.7 Å². The lowest BCUT2D eigenvalue weighted by Gasteiger charge is -2.27. The molecule has 8 heteroatoms. The summed E-state index contributed by atoms with van der Waals surface area (Å²) in [4.78, 5) is 30.5. The molecule has 1 N–H and O–H groups in total. The standard InChI is InChI=1S/C19H16ClN3O3S/c20-13-4-5-15-16(11-13)21-19(27)23(18(15)25)14-3-1-2-12(10-14)17(24)22-6-8-26-9-7-22/h1-5,10-11H,6-9H2,(H,21,27). The third-order valence-corrected chi connectivity index (χ3v) is 5.03. The van der Waals surface area contributed by atoms with Crippen LogP contribution in [0.15, 0.2) is 47.3 Å². The highest BCUT2D eigenvalue weighted by Crippen LogP contribution is 2.17. The molecular formula is C19H16ClN3O3S. The van der Waals surface area contributed by atoms with E-state index in [0.29, 0.717) is 53.5 Å². The van der Waals surface area contributed by atoms with E-state index < -0.39 is 0 Å². The fourth-order valence-corrected chi connectivity index (χ4v) is 3.62. The Labute approximate surface area is 164 Å². The minimum Gasteiger partial charge on any atom is -0.378 e. The van der Waals surface area contributed by atoms with E-state index in [1.165, 1.54) is 4.57 Å². The average Bonchev–Trinajstić information content (AvgIpc) is 2.68. The number of ether oxygens (including phenoxy) is 1.